The summed E-state index contributed by atoms with van der Waals surface area (Å²) in [7, 11) is 0. The molecule has 106 valence electrons. The van der Waals surface area contributed by atoms with E-state index in [0.29, 0.717) is 12.4 Å². The van der Waals surface area contributed by atoms with Gasteiger partial charge in [0.25, 0.3) is 5.89 Å². The van der Waals surface area contributed by atoms with Crippen molar-refractivity contribution < 1.29 is 23.9 Å². The van der Waals surface area contributed by atoms with Crippen LogP contribution < -0.4 is 4.74 Å². The first kappa shape index (κ1) is 14.0. The highest BCUT2D eigenvalue weighted by Crippen LogP contribution is 2.21. The number of rotatable bonds is 7. The molecule has 0 fully saturated rings. The fourth-order valence-electron chi connectivity index (χ4n) is 1.55. The van der Waals surface area contributed by atoms with Gasteiger partial charge in [-0.2, -0.15) is 4.98 Å². The normalized spacial score (nSPS) is 10.4. The Bertz CT molecular complexity index is 582. The zero-order valence-electron chi connectivity index (χ0n) is 10.9. The predicted molar refractivity (Wildman–Crippen MR) is 68.2 cm³/mol. The number of hydrogen-bond acceptors (Lipinski definition) is 6. The molecule has 0 amide bonds. The van der Waals surface area contributed by atoms with E-state index in [1.807, 2.05) is 25.1 Å². The third-order valence-corrected chi connectivity index (χ3v) is 2.32. The van der Waals surface area contributed by atoms with Gasteiger partial charge in [-0.15, -0.1) is 0 Å². The molecule has 1 aromatic carbocycles. The molecule has 0 bridgehead atoms. The number of carboxylic acids is 1. The Hall–Kier alpha value is -2.41. The van der Waals surface area contributed by atoms with Gasteiger partial charge in [0.05, 0.1) is 6.61 Å². The van der Waals surface area contributed by atoms with Crippen molar-refractivity contribution in [2.75, 3.05) is 13.2 Å². The quantitative estimate of drug-likeness (QED) is 0.824. The van der Waals surface area contributed by atoms with Gasteiger partial charge in [0.2, 0.25) is 5.82 Å². The first-order valence-corrected chi connectivity index (χ1v) is 6.04. The molecule has 0 spiro atoms. The van der Waals surface area contributed by atoms with Crippen molar-refractivity contribution in [2.45, 2.75) is 13.5 Å². The molecule has 0 saturated heterocycles. The maximum absolute atomic E-state index is 10.3. The summed E-state index contributed by atoms with van der Waals surface area (Å²) >= 11 is 0. The minimum Gasteiger partial charge on any atom is -0.494 e. The highest BCUT2D eigenvalue weighted by Gasteiger charge is 2.10. The second-order valence-electron chi connectivity index (χ2n) is 3.86. The van der Waals surface area contributed by atoms with Crippen molar-refractivity contribution in [3.05, 3.63) is 30.2 Å². The molecule has 0 unspecified atom stereocenters. The Kier molecular flexibility index (Phi) is 4.67. The third kappa shape index (κ3) is 3.79. The summed E-state index contributed by atoms with van der Waals surface area (Å²) in [5.74, 6) is 0.302. The molecule has 0 atom stereocenters. The van der Waals surface area contributed by atoms with E-state index in [1.165, 1.54) is 0 Å². The van der Waals surface area contributed by atoms with Gasteiger partial charge in [-0.3, -0.25) is 0 Å². The number of carboxylic acid groups (broad SMARTS) is 1. The van der Waals surface area contributed by atoms with E-state index in [1.54, 1.807) is 6.07 Å². The Morgan fingerprint density at radius 1 is 1.45 bits per heavy atom. The second-order valence-corrected chi connectivity index (χ2v) is 3.86. The van der Waals surface area contributed by atoms with Crippen molar-refractivity contribution >= 4 is 5.97 Å². The van der Waals surface area contributed by atoms with Crippen molar-refractivity contribution in [1.29, 1.82) is 0 Å². The Morgan fingerprint density at radius 3 is 3.05 bits per heavy atom. The SMILES string of the molecule is CCOc1cccc(-c2noc(COCC(=O)O)n2)c1. The van der Waals surface area contributed by atoms with Crippen molar-refractivity contribution in [1.82, 2.24) is 10.1 Å². The molecule has 0 aliphatic heterocycles. The molecule has 20 heavy (non-hydrogen) atoms. The Balaban J connectivity index is 2.04. The lowest BCUT2D eigenvalue weighted by Crippen LogP contribution is -2.06. The zero-order chi connectivity index (χ0) is 14.4. The molecule has 0 radical (unpaired) electrons. The van der Waals surface area contributed by atoms with Crippen LogP contribution in [0.3, 0.4) is 0 Å². The highest BCUT2D eigenvalue weighted by molar-refractivity contribution is 5.68. The number of aromatic nitrogens is 2. The molecule has 0 aliphatic rings. The molecule has 0 saturated carbocycles. The molecule has 1 heterocycles. The number of nitrogens with zero attached hydrogens (tertiary/aromatic N) is 2. The van der Waals surface area contributed by atoms with E-state index in [4.69, 9.17) is 19.1 Å². The lowest BCUT2D eigenvalue weighted by atomic mass is 10.2. The minimum atomic E-state index is -1.05. The average molecular weight is 278 g/mol. The summed E-state index contributed by atoms with van der Waals surface area (Å²) in [6, 6.07) is 7.30. The smallest absolute Gasteiger partial charge is 0.329 e. The van der Waals surface area contributed by atoms with Gasteiger partial charge in [-0.25, -0.2) is 4.79 Å². The maximum Gasteiger partial charge on any atom is 0.329 e. The van der Waals surface area contributed by atoms with Crippen LogP contribution in [0.25, 0.3) is 11.4 Å². The van der Waals surface area contributed by atoms with Crippen molar-refractivity contribution in [3.63, 3.8) is 0 Å². The molecule has 1 N–H and O–H groups in total. The molecule has 2 rings (SSSR count). The van der Waals surface area contributed by atoms with E-state index in [-0.39, 0.29) is 12.5 Å². The number of aliphatic carboxylic acids is 1. The molecule has 7 heteroatoms. The topological polar surface area (TPSA) is 94.7 Å². The number of hydrogen-bond donors (Lipinski definition) is 1. The summed E-state index contributed by atoms with van der Waals surface area (Å²) < 4.78 is 15.2. The van der Waals surface area contributed by atoms with Gasteiger partial charge in [-0.05, 0) is 19.1 Å². The van der Waals surface area contributed by atoms with Crippen LogP contribution in [0, 0.1) is 0 Å². The second kappa shape index (κ2) is 6.67. The highest BCUT2D eigenvalue weighted by atomic mass is 16.5. The molecule has 2 aromatic rings. The van der Waals surface area contributed by atoms with E-state index < -0.39 is 12.6 Å². The molecule has 7 nitrogen and oxygen atoms in total. The predicted octanol–water partition coefficient (Wildman–Crippen LogP) is 1.74. The maximum atomic E-state index is 10.3. The van der Waals surface area contributed by atoms with Gasteiger partial charge in [-0.1, -0.05) is 17.3 Å². The van der Waals surface area contributed by atoms with Gasteiger partial charge >= 0.3 is 5.97 Å². The van der Waals surface area contributed by atoms with Crippen LogP contribution in [0.5, 0.6) is 5.75 Å². The first-order chi connectivity index (χ1) is 9.69. The van der Waals surface area contributed by atoms with Gasteiger partial charge in [0.1, 0.15) is 19.0 Å². The van der Waals surface area contributed by atoms with Crippen LogP contribution in [0.15, 0.2) is 28.8 Å². The van der Waals surface area contributed by atoms with Crippen LogP contribution >= 0.6 is 0 Å². The number of carbonyl (C=O) groups is 1. The zero-order valence-corrected chi connectivity index (χ0v) is 10.9. The Morgan fingerprint density at radius 2 is 2.30 bits per heavy atom. The standard InChI is InChI=1S/C13H14N2O5/c1-2-19-10-5-3-4-9(6-10)13-14-11(20-15-13)7-18-8-12(16)17/h3-6H,2,7-8H2,1H3,(H,16,17). The lowest BCUT2D eigenvalue weighted by molar-refractivity contribution is -0.142. The third-order valence-electron chi connectivity index (χ3n) is 2.32. The van der Waals surface area contributed by atoms with Crippen molar-refractivity contribution in [2.24, 2.45) is 0 Å². The van der Waals surface area contributed by atoms with Gasteiger partial charge in [0.15, 0.2) is 0 Å². The van der Waals surface area contributed by atoms with E-state index in [0.717, 1.165) is 11.3 Å². The number of benzene rings is 1. The Labute approximate surface area is 115 Å². The number of ether oxygens (including phenoxy) is 2. The van der Waals surface area contributed by atoms with Gasteiger partial charge < -0.3 is 19.1 Å². The monoisotopic (exact) mass is 278 g/mol. The first-order valence-electron chi connectivity index (χ1n) is 6.04. The summed E-state index contributed by atoms with van der Waals surface area (Å²) in [6.45, 7) is 2.03. The van der Waals surface area contributed by atoms with E-state index in [2.05, 4.69) is 10.1 Å². The minimum absolute atomic E-state index is 0.0373. The van der Waals surface area contributed by atoms with Crippen LogP contribution in [0.4, 0.5) is 0 Å². The fraction of sp³-hybridized carbons (Fsp3) is 0.308. The fourth-order valence-corrected chi connectivity index (χ4v) is 1.55. The molecule has 0 aliphatic carbocycles. The molecule has 1 aromatic heterocycles. The molecular weight excluding hydrogens is 264 g/mol. The molecular formula is C13H14N2O5. The average Bonchev–Trinajstić information content (AvgIpc) is 2.88. The summed E-state index contributed by atoms with van der Waals surface area (Å²) in [4.78, 5) is 14.4. The van der Waals surface area contributed by atoms with Crippen LogP contribution in [0.2, 0.25) is 0 Å². The summed E-state index contributed by atoms with van der Waals surface area (Å²) in [5, 5.41) is 12.3. The summed E-state index contributed by atoms with van der Waals surface area (Å²) in [6.07, 6.45) is 0. The van der Waals surface area contributed by atoms with Crippen LogP contribution in [-0.4, -0.2) is 34.4 Å². The largest absolute Gasteiger partial charge is 0.494 e. The van der Waals surface area contributed by atoms with Crippen molar-refractivity contribution in [3.8, 4) is 17.1 Å². The lowest BCUT2D eigenvalue weighted by Gasteiger charge is -2.02. The van der Waals surface area contributed by atoms with E-state index in [9.17, 15) is 4.79 Å². The van der Waals surface area contributed by atoms with Crippen LogP contribution in [0.1, 0.15) is 12.8 Å². The summed E-state index contributed by atoms with van der Waals surface area (Å²) in [5.41, 5.74) is 0.754. The van der Waals surface area contributed by atoms with Crippen LogP contribution in [-0.2, 0) is 16.1 Å². The van der Waals surface area contributed by atoms with Gasteiger partial charge in [0, 0.05) is 5.56 Å². The van der Waals surface area contributed by atoms with E-state index >= 15 is 0 Å².